The molecule has 1 fully saturated rings. The van der Waals surface area contributed by atoms with Crippen LogP contribution in [0, 0.1) is 5.41 Å². The van der Waals surface area contributed by atoms with E-state index in [9.17, 15) is 9.59 Å². The van der Waals surface area contributed by atoms with Crippen LogP contribution in [-0.4, -0.2) is 27.0 Å². The predicted molar refractivity (Wildman–Crippen MR) is 78.5 cm³/mol. The Balaban J connectivity index is 2.08. The highest BCUT2D eigenvalue weighted by Gasteiger charge is 2.38. The SMILES string of the molecule is O=C(O)CC1(CC(=O)Nc2c(Cl)ncnc2Cl)CCCC1. The summed E-state index contributed by atoms with van der Waals surface area (Å²) in [6, 6.07) is 0. The molecule has 2 rings (SSSR count). The van der Waals surface area contributed by atoms with E-state index in [2.05, 4.69) is 15.3 Å². The van der Waals surface area contributed by atoms with Gasteiger partial charge in [-0.1, -0.05) is 36.0 Å². The minimum absolute atomic E-state index is 0.00677. The Morgan fingerprint density at radius 2 is 1.76 bits per heavy atom. The third-order valence-corrected chi connectivity index (χ3v) is 4.32. The van der Waals surface area contributed by atoms with Gasteiger partial charge < -0.3 is 10.4 Å². The minimum atomic E-state index is -0.885. The summed E-state index contributed by atoms with van der Waals surface area (Å²) >= 11 is 11.7. The van der Waals surface area contributed by atoms with E-state index in [1.807, 2.05) is 0 Å². The zero-order valence-electron chi connectivity index (χ0n) is 11.2. The third kappa shape index (κ3) is 4.04. The number of hydrogen-bond donors (Lipinski definition) is 2. The molecule has 1 saturated carbocycles. The molecule has 0 atom stereocenters. The number of carbonyl (C=O) groups excluding carboxylic acids is 1. The van der Waals surface area contributed by atoms with E-state index < -0.39 is 11.4 Å². The standard InChI is InChI=1S/C13H15Cl2N3O3/c14-11-10(12(15)17-7-16-11)18-8(19)5-13(6-9(20)21)3-1-2-4-13/h7H,1-6H2,(H,18,19)(H,20,21). The Morgan fingerprint density at radius 1 is 1.19 bits per heavy atom. The molecule has 1 aliphatic carbocycles. The number of nitrogens with one attached hydrogen (secondary N) is 1. The van der Waals surface area contributed by atoms with E-state index in [0.717, 1.165) is 25.7 Å². The Kier molecular flexibility index (Phi) is 5.00. The molecule has 0 spiro atoms. The number of carboxylic acids is 1. The number of nitrogens with zero attached hydrogens (tertiary/aromatic N) is 2. The smallest absolute Gasteiger partial charge is 0.303 e. The summed E-state index contributed by atoms with van der Waals surface area (Å²) in [5, 5.41) is 11.7. The monoisotopic (exact) mass is 331 g/mol. The Morgan fingerprint density at radius 3 is 2.29 bits per heavy atom. The molecule has 2 N–H and O–H groups in total. The van der Waals surface area contributed by atoms with E-state index in [4.69, 9.17) is 28.3 Å². The quantitative estimate of drug-likeness (QED) is 0.808. The van der Waals surface area contributed by atoms with Gasteiger partial charge >= 0.3 is 5.97 Å². The summed E-state index contributed by atoms with van der Waals surface area (Å²) in [6.07, 6.45) is 4.67. The molecule has 0 aliphatic heterocycles. The van der Waals surface area contributed by atoms with Crippen LogP contribution in [0.15, 0.2) is 6.33 Å². The van der Waals surface area contributed by atoms with Crippen LogP contribution in [0.2, 0.25) is 10.3 Å². The number of carboxylic acid groups (broad SMARTS) is 1. The van der Waals surface area contributed by atoms with Gasteiger partial charge in [0.1, 0.15) is 12.0 Å². The van der Waals surface area contributed by atoms with Crippen LogP contribution >= 0.6 is 23.2 Å². The molecule has 1 heterocycles. The molecular formula is C13H15Cl2N3O3. The van der Waals surface area contributed by atoms with Crippen LogP contribution in [-0.2, 0) is 9.59 Å². The second-order valence-corrected chi connectivity index (χ2v) is 6.05. The number of rotatable bonds is 5. The lowest BCUT2D eigenvalue weighted by Gasteiger charge is -2.26. The average molecular weight is 332 g/mol. The van der Waals surface area contributed by atoms with Crippen LogP contribution in [0.4, 0.5) is 5.69 Å². The van der Waals surface area contributed by atoms with E-state index in [0.29, 0.717) is 0 Å². The fraction of sp³-hybridized carbons (Fsp3) is 0.538. The highest BCUT2D eigenvalue weighted by Crippen LogP contribution is 2.44. The summed E-state index contributed by atoms with van der Waals surface area (Å²) in [4.78, 5) is 30.7. The molecule has 1 aromatic heterocycles. The summed E-state index contributed by atoms with van der Waals surface area (Å²) < 4.78 is 0. The molecule has 1 aliphatic rings. The van der Waals surface area contributed by atoms with E-state index in [-0.39, 0.29) is 34.7 Å². The number of amides is 1. The Hall–Kier alpha value is -1.40. The van der Waals surface area contributed by atoms with Crippen LogP contribution in [0.5, 0.6) is 0 Å². The van der Waals surface area contributed by atoms with Gasteiger partial charge in [-0.3, -0.25) is 9.59 Å². The van der Waals surface area contributed by atoms with Gasteiger partial charge in [0.15, 0.2) is 10.3 Å². The molecule has 8 heteroatoms. The van der Waals surface area contributed by atoms with Crippen molar-refractivity contribution in [2.45, 2.75) is 38.5 Å². The maximum absolute atomic E-state index is 12.2. The highest BCUT2D eigenvalue weighted by atomic mass is 35.5. The van der Waals surface area contributed by atoms with Crippen LogP contribution < -0.4 is 5.32 Å². The Labute approximate surface area is 131 Å². The number of anilines is 1. The largest absolute Gasteiger partial charge is 0.481 e. The second-order valence-electron chi connectivity index (χ2n) is 5.33. The summed E-state index contributed by atoms with van der Waals surface area (Å²) in [6.45, 7) is 0. The number of carbonyl (C=O) groups is 2. The first kappa shape index (κ1) is 16.0. The normalized spacial score (nSPS) is 16.7. The van der Waals surface area contributed by atoms with Gasteiger partial charge in [-0.15, -0.1) is 0 Å². The first-order valence-electron chi connectivity index (χ1n) is 6.59. The molecule has 0 radical (unpaired) electrons. The topological polar surface area (TPSA) is 92.2 Å². The van der Waals surface area contributed by atoms with Crippen molar-refractivity contribution < 1.29 is 14.7 Å². The summed E-state index contributed by atoms with van der Waals surface area (Å²) in [5.41, 5.74) is -0.320. The van der Waals surface area contributed by atoms with Gasteiger partial charge in [-0.05, 0) is 18.3 Å². The summed E-state index contributed by atoms with van der Waals surface area (Å²) in [7, 11) is 0. The molecule has 1 amide bonds. The number of halogens is 2. The van der Waals surface area contributed by atoms with Crippen LogP contribution in [0.1, 0.15) is 38.5 Å². The molecule has 1 aromatic rings. The van der Waals surface area contributed by atoms with Crippen LogP contribution in [0.25, 0.3) is 0 Å². The minimum Gasteiger partial charge on any atom is -0.481 e. The van der Waals surface area contributed by atoms with Crippen molar-refractivity contribution in [2.24, 2.45) is 5.41 Å². The van der Waals surface area contributed by atoms with Crippen molar-refractivity contribution in [3.63, 3.8) is 0 Å². The molecule has 0 aromatic carbocycles. The number of hydrogen-bond acceptors (Lipinski definition) is 4. The molecule has 0 bridgehead atoms. The molecule has 0 unspecified atom stereocenters. The zero-order chi connectivity index (χ0) is 15.5. The molecule has 21 heavy (non-hydrogen) atoms. The Bertz CT molecular complexity index is 539. The average Bonchev–Trinajstić information content (AvgIpc) is 2.81. The van der Waals surface area contributed by atoms with Gasteiger partial charge in [0.05, 0.1) is 6.42 Å². The number of aromatic nitrogens is 2. The van der Waals surface area contributed by atoms with Crippen LogP contribution in [0.3, 0.4) is 0 Å². The van der Waals surface area contributed by atoms with Gasteiger partial charge in [0, 0.05) is 6.42 Å². The summed E-state index contributed by atoms with van der Waals surface area (Å²) in [5.74, 6) is -1.21. The zero-order valence-corrected chi connectivity index (χ0v) is 12.7. The molecular weight excluding hydrogens is 317 g/mol. The van der Waals surface area contributed by atoms with E-state index in [1.165, 1.54) is 6.33 Å². The van der Waals surface area contributed by atoms with Gasteiger partial charge in [-0.2, -0.15) is 0 Å². The maximum atomic E-state index is 12.2. The van der Waals surface area contributed by atoms with Gasteiger partial charge in [0.25, 0.3) is 0 Å². The van der Waals surface area contributed by atoms with Crippen molar-refractivity contribution in [1.82, 2.24) is 9.97 Å². The lowest BCUT2D eigenvalue weighted by molar-refractivity contribution is -0.140. The van der Waals surface area contributed by atoms with Crippen molar-refractivity contribution in [3.05, 3.63) is 16.6 Å². The van der Waals surface area contributed by atoms with Crippen molar-refractivity contribution in [1.29, 1.82) is 0 Å². The van der Waals surface area contributed by atoms with E-state index >= 15 is 0 Å². The third-order valence-electron chi connectivity index (χ3n) is 3.75. The van der Waals surface area contributed by atoms with E-state index in [1.54, 1.807) is 0 Å². The molecule has 6 nitrogen and oxygen atoms in total. The fourth-order valence-corrected chi connectivity index (χ4v) is 3.24. The molecule has 0 saturated heterocycles. The first-order chi connectivity index (χ1) is 9.92. The van der Waals surface area contributed by atoms with Crippen molar-refractivity contribution >= 4 is 40.8 Å². The second kappa shape index (κ2) is 6.58. The predicted octanol–water partition coefficient (Wildman–Crippen LogP) is 3.15. The maximum Gasteiger partial charge on any atom is 0.303 e. The first-order valence-corrected chi connectivity index (χ1v) is 7.35. The number of aliphatic carboxylic acids is 1. The van der Waals surface area contributed by atoms with Crippen molar-refractivity contribution in [3.8, 4) is 0 Å². The van der Waals surface area contributed by atoms with Gasteiger partial charge in [0.2, 0.25) is 5.91 Å². The highest BCUT2D eigenvalue weighted by molar-refractivity contribution is 6.38. The fourth-order valence-electron chi connectivity index (χ4n) is 2.83. The molecule has 114 valence electrons. The van der Waals surface area contributed by atoms with Crippen molar-refractivity contribution in [2.75, 3.05) is 5.32 Å². The lowest BCUT2D eigenvalue weighted by Crippen LogP contribution is -2.28. The van der Waals surface area contributed by atoms with Gasteiger partial charge in [-0.25, -0.2) is 9.97 Å². The lowest BCUT2D eigenvalue weighted by atomic mass is 9.79.